The van der Waals surface area contributed by atoms with E-state index in [0.717, 1.165) is 5.01 Å². The number of hydrogen-bond donors (Lipinski definition) is 2. The molecule has 2 amide bonds. The minimum Gasteiger partial charge on any atom is -0.345 e. The van der Waals surface area contributed by atoms with Crippen molar-refractivity contribution >= 4 is 40.0 Å². The van der Waals surface area contributed by atoms with E-state index in [4.69, 9.17) is 0 Å². The topological polar surface area (TPSA) is 115 Å². The zero-order chi connectivity index (χ0) is 21.7. The van der Waals surface area contributed by atoms with Crippen molar-refractivity contribution in [3.8, 4) is 0 Å². The van der Waals surface area contributed by atoms with Crippen LogP contribution < -0.4 is 10.6 Å². The quantitative estimate of drug-likeness (QED) is 0.508. The summed E-state index contributed by atoms with van der Waals surface area (Å²) in [4.78, 5) is 24.4. The summed E-state index contributed by atoms with van der Waals surface area (Å²) in [5, 5.41) is 23.1. The number of halogens is 1. The van der Waals surface area contributed by atoms with Gasteiger partial charge in [0.05, 0.1) is 17.9 Å². The average molecular weight is 450 g/mol. The summed E-state index contributed by atoms with van der Waals surface area (Å²) in [6, 6.07) is 5.76. The van der Waals surface area contributed by atoms with Crippen LogP contribution in [0.1, 0.15) is 41.1 Å². The first-order valence-corrected chi connectivity index (χ1v) is 10.8. The highest BCUT2D eigenvalue weighted by Gasteiger charge is 2.18. The maximum atomic E-state index is 13.8. The van der Waals surface area contributed by atoms with Crippen LogP contribution in [0.5, 0.6) is 0 Å². The molecule has 0 aliphatic rings. The molecular weight excluding hydrogens is 429 g/mol. The maximum absolute atomic E-state index is 13.8. The zero-order valence-electron chi connectivity index (χ0n) is 16.5. The van der Waals surface area contributed by atoms with E-state index >= 15 is 0 Å². The molecule has 0 fully saturated rings. The van der Waals surface area contributed by atoms with Crippen LogP contribution in [0.25, 0.3) is 0 Å². The lowest BCUT2D eigenvalue weighted by atomic mass is 10.2. The predicted octanol–water partition coefficient (Wildman–Crippen LogP) is 2.82. The standard InChI is InChI=1S/C18H20FN7O2S2/c1-10(2)26-14(8-20-16(28)12-6-4-5-7-13(12)19)23-25-18(26)29-9-15(27)21-17-24-22-11(3)30-17/h4-7,10H,8-9H2,1-3H3,(H,20,28)(H,21,24,27). The fourth-order valence-electron chi connectivity index (χ4n) is 2.58. The summed E-state index contributed by atoms with van der Waals surface area (Å²) < 4.78 is 15.6. The van der Waals surface area contributed by atoms with E-state index < -0.39 is 11.7 Å². The molecule has 0 radical (unpaired) electrons. The van der Waals surface area contributed by atoms with Crippen molar-refractivity contribution in [1.82, 2.24) is 30.3 Å². The normalized spacial score (nSPS) is 11.0. The van der Waals surface area contributed by atoms with Gasteiger partial charge in [0, 0.05) is 6.04 Å². The van der Waals surface area contributed by atoms with Crippen molar-refractivity contribution in [3.63, 3.8) is 0 Å². The molecule has 12 heteroatoms. The molecule has 3 aromatic rings. The van der Waals surface area contributed by atoms with Gasteiger partial charge < -0.3 is 9.88 Å². The predicted molar refractivity (Wildman–Crippen MR) is 112 cm³/mol. The minimum absolute atomic E-state index is 0.00302. The van der Waals surface area contributed by atoms with Crippen molar-refractivity contribution in [1.29, 1.82) is 0 Å². The number of benzene rings is 1. The highest BCUT2D eigenvalue weighted by Crippen LogP contribution is 2.22. The van der Waals surface area contributed by atoms with Gasteiger partial charge in [0.25, 0.3) is 5.91 Å². The Bertz CT molecular complexity index is 1050. The molecule has 0 atom stereocenters. The summed E-state index contributed by atoms with van der Waals surface area (Å²) in [5.74, 6) is -0.729. The fourth-order valence-corrected chi connectivity index (χ4v) is 4.07. The number of aryl methyl sites for hydroxylation is 1. The Morgan fingerprint density at radius 2 is 1.97 bits per heavy atom. The van der Waals surface area contributed by atoms with Crippen LogP contribution in [0.15, 0.2) is 29.4 Å². The van der Waals surface area contributed by atoms with Crippen molar-refractivity contribution < 1.29 is 14.0 Å². The van der Waals surface area contributed by atoms with Crippen LogP contribution in [0.2, 0.25) is 0 Å². The molecule has 0 unspecified atom stereocenters. The number of hydrogen-bond acceptors (Lipinski definition) is 8. The van der Waals surface area contributed by atoms with E-state index in [2.05, 4.69) is 31.0 Å². The van der Waals surface area contributed by atoms with Crippen molar-refractivity contribution in [3.05, 3.63) is 46.5 Å². The molecule has 0 bridgehead atoms. The monoisotopic (exact) mass is 449 g/mol. The third-order valence-electron chi connectivity index (χ3n) is 3.88. The first-order chi connectivity index (χ1) is 14.3. The first-order valence-electron chi connectivity index (χ1n) is 9.04. The van der Waals surface area contributed by atoms with Gasteiger partial charge in [0.15, 0.2) is 11.0 Å². The molecule has 2 aromatic heterocycles. The van der Waals surface area contributed by atoms with Gasteiger partial charge in [-0.2, -0.15) is 0 Å². The van der Waals surface area contributed by atoms with Gasteiger partial charge in [-0.15, -0.1) is 20.4 Å². The molecule has 9 nitrogen and oxygen atoms in total. The number of carbonyl (C=O) groups excluding carboxylic acids is 2. The number of aromatic nitrogens is 5. The average Bonchev–Trinajstić information content (AvgIpc) is 3.30. The summed E-state index contributed by atoms with van der Waals surface area (Å²) in [5.41, 5.74) is -0.0358. The van der Waals surface area contributed by atoms with E-state index in [1.165, 1.54) is 41.3 Å². The van der Waals surface area contributed by atoms with Crippen LogP contribution >= 0.6 is 23.1 Å². The molecule has 1 aromatic carbocycles. The van der Waals surface area contributed by atoms with Gasteiger partial charge in [-0.05, 0) is 32.9 Å². The Morgan fingerprint density at radius 1 is 1.20 bits per heavy atom. The van der Waals surface area contributed by atoms with Gasteiger partial charge in [0.2, 0.25) is 11.0 Å². The third-order valence-corrected chi connectivity index (χ3v) is 5.58. The van der Waals surface area contributed by atoms with Gasteiger partial charge in [-0.25, -0.2) is 4.39 Å². The lowest BCUT2D eigenvalue weighted by molar-refractivity contribution is -0.113. The number of thioether (sulfide) groups is 1. The zero-order valence-corrected chi connectivity index (χ0v) is 18.2. The third kappa shape index (κ3) is 5.39. The molecule has 2 N–H and O–H groups in total. The van der Waals surface area contributed by atoms with E-state index in [1.54, 1.807) is 13.0 Å². The second-order valence-corrected chi connectivity index (χ2v) is 8.61. The van der Waals surface area contributed by atoms with Gasteiger partial charge in [0.1, 0.15) is 10.8 Å². The maximum Gasteiger partial charge on any atom is 0.254 e. The Morgan fingerprint density at radius 3 is 2.63 bits per heavy atom. The van der Waals surface area contributed by atoms with Gasteiger partial charge in [-0.1, -0.05) is 35.2 Å². The number of anilines is 1. The smallest absolute Gasteiger partial charge is 0.254 e. The number of carbonyl (C=O) groups is 2. The number of rotatable bonds is 8. The highest BCUT2D eigenvalue weighted by molar-refractivity contribution is 7.99. The Kier molecular flexibility index (Phi) is 7.11. The second kappa shape index (κ2) is 9.76. The number of nitrogens with zero attached hydrogens (tertiary/aromatic N) is 5. The van der Waals surface area contributed by atoms with E-state index in [0.29, 0.717) is 16.1 Å². The van der Waals surface area contributed by atoms with Crippen LogP contribution in [0, 0.1) is 12.7 Å². The summed E-state index contributed by atoms with van der Waals surface area (Å²) in [7, 11) is 0. The Hall–Kier alpha value is -2.86. The first kappa shape index (κ1) is 21.8. The van der Waals surface area contributed by atoms with Crippen LogP contribution in [0.3, 0.4) is 0 Å². The largest absolute Gasteiger partial charge is 0.345 e. The molecule has 2 heterocycles. The van der Waals surface area contributed by atoms with Crippen LogP contribution in [0.4, 0.5) is 9.52 Å². The highest BCUT2D eigenvalue weighted by atomic mass is 32.2. The number of amides is 2. The molecule has 0 saturated heterocycles. The lowest BCUT2D eigenvalue weighted by Gasteiger charge is -2.14. The molecule has 0 saturated carbocycles. The van der Waals surface area contributed by atoms with Crippen molar-refractivity contribution in [2.24, 2.45) is 0 Å². The second-order valence-electron chi connectivity index (χ2n) is 6.49. The van der Waals surface area contributed by atoms with Crippen LogP contribution in [-0.2, 0) is 11.3 Å². The van der Waals surface area contributed by atoms with Crippen molar-refractivity contribution in [2.75, 3.05) is 11.1 Å². The lowest BCUT2D eigenvalue weighted by Crippen LogP contribution is -2.26. The SMILES string of the molecule is Cc1nnc(NC(=O)CSc2nnc(CNC(=O)c3ccccc3F)n2C(C)C)s1. The fraction of sp³-hybridized carbons (Fsp3) is 0.333. The molecule has 3 rings (SSSR count). The summed E-state index contributed by atoms with van der Waals surface area (Å²) >= 11 is 2.52. The summed E-state index contributed by atoms with van der Waals surface area (Å²) in [6.07, 6.45) is 0. The molecule has 30 heavy (non-hydrogen) atoms. The number of nitrogens with one attached hydrogen (secondary N) is 2. The van der Waals surface area contributed by atoms with E-state index in [9.17, 15) is 14.0 Å². The Balaban J connectivity index is 1.62. The van der Waals surface area contributed by atoms with Gasteiger partial charge in [-0.3, -0.25) is 14.9 Å². The van der Waals surface area contributed by atoms with Crippen molar-refractivity contribution in [2.45, 2.75) is 38.5 Å². The van der Waals surface area contributed by atoms with Gasteiger partial charge >= 0.3 is 0 Å². The molecule has 0 aliphatic heterocycles. The van der Waals surface area contributed by atoms with Crippen LogP contribution in [-0.4, -0.2) is 42.5 Å². The molecule has 0 spiro atoms. The molecule has 158 valence electrons. The van der Waals surface area contributed by atoms with E-state index in [1.807, 2.05) is 18.4 Å². The van der Waals surface area contributed by atoms with E-state index in [-0.39, 0.29) is 29.8 Å². The minimum atomic E-state index is -0.590. The molecule has 0 aliphatic carbocycles. The summed E-state index contributed by atoms with van der Waals surface area (Å²) in [6.45, 7) is 5.77. The molecular formula is C18H20FN7O2S2. The Labute approximate surface area is 180 Å².